The average Bonchev–Trinajstić information content (AvgIpc) is 2.68. The molecular formula is C11H10FN3OS. The Balaban J connectivity index is 2.17. The molecule has 0 aliphatic carbocycles. The number of halogens is 1. The largest absolute Gasteiger partial charge is 0.297 e. The Kier molecular flexibility index (Phi) is 3.14. The van der Waals surface area contributed by atoms with Crippen LogP contribution in [-0.4, -0.2) is 15.3 Å². The number of aryl methyl sites for hydroxylation is 2. The Morgan fingerprint density at radius 3 is 2.76 bits per heavy atom. The van der Waals surface area contributed by atoms with E-state index in [1.54, 1.807) is 13.8 Å². The molecule has 1 aromatic heterocycles. The number of carbonyl (C=O) groups is 1. The molecule has 0 aliphatic rings. The molecule has 1 aromatic carbocycles. The van der Waals surface area contributed by atoms with Crippen LogP contribution in [0.15, 0.2) is 18.2 Å². The van der Waals surface area contributed by atoms with Gasteiger partial charge in [-0.2, -0.15) is 4.37 Å². The van der Waals surface area contributed by atoms with Crippen molar-refractivity contribution in [3.05, 3.63) is 41.0 Å². The first-order valence-corrected chi connectivity index (χ1v) is 5.71. The molecule has 2 aromatic rings. The Morgan fingerprint density at radius 2 is 2.18 bits per heavy atom. The van der Waals surface area contributed by atoms with Gasteiger partial charge in [0.05, 0.1) is 0 Å². The van der Waals surface area contributed by atoms with E-state index in [1.807, 2.05) is 0 Å². The fourth-order valence-electron chi connectivity index (χ4n) is 1.30. The van der Waals surface area contributed by atoms with Gasteiger partial charge in [-0.25, -0.2) is 9.37 Å². The second-order valence-corrected chi connectivity index (χ2v) is 4.32. The summed E-state index contributed by atoms with van der Waals surface area (Å²) in [5, 5.41) is 3.05. The maximum absolute atomic E-state index is 13.0. The van der Waals surface area contributed by atoms with Crippen molar-refractivity contribution < 1.29 is 9.18 Å². The minimum absolute atomic E-state index is 0.316. The molecule has 0 spiro atoms. The smallest absolute Gasteiger partial charge is 0.257 e. The van der Waals surface area contributed by atoms with E-state index < -0.39 is 0 Å². The zero-order valence-corrected chi connectivity index (χ0v) is 10.1. The summed E-state index contributed by atoms with van der Waals surface area (Å²) in [5.41, 5.74) is 0.836. The SMILES string of the molecule is Cc1nsc(NC(=O)c2ccc(F)c(C)c2)n1. The van der Waals surface area contributed by atoms with Crippen molar-refractivity contribution in [2.75, 3.05) is 5.32 Å². The van der Waals surface area contributed by atoms with Crippen LogP contribution in [0.25, 0.3) is 0 Å². The molecule has 1 heterocycles. The molecule has 0 saturated carbocycles. The summed E-state index contributed by atoms with van der Waals surface area (Å²) >= 11 is 1.11. The maximum atomic E-state index is 13.0. The Bertz CT molecular complexity index is 568. The van der Waals surface area contributed by atoms with E-state index in [4.69, 9.17) is 0 Å². The molecule has 0 radical (unpaired) electrons. The summed E-state index contributed by atoms with van der Waals surface area (Å²) in [6.07, 6.45) is 0. The molecule has 0 unspecified atom stereocenters. The normalized spacial score (nSPS) is 10.3. The van der Waals surface area contributed by atoms with Crippen molar-refractivity contribution >= 4 is 22.6 Å². The lowest BCUT2D eigenvalue weighted by atomic mass is 10.1. The van der Waals surface area contributed by atoms with Gasteiger partial charge < -0.3 is 0 Å². The van der Waals surface area contributed by atoms with Crippen LogP contribution < -0.4 is 5.32 Å². The highest BCUT2D eigenvalue weighted by atomic mass is 32.1. The molecule has 0 aliphatic heterocycles. The summed E-state index contributed by atoms with van der Waals surface area (Å²) in [4.78, 5) is 15.8. The number of carbonyl (C=O) groups excluding carboxylic acids is 1. The maximum Gasteiger partial charge on any atom is 0.257 e. The summed E-state index contributed by atoms with van der Waals surface area (Å²) in [6.45, 7) is 3.36. The number of hydrogen-bond acceptors (Lipinski definition) is 4. The average molecular weight is 251 g/mol. The number of aromatic nitrogens is 2. The van der Waals surface area contributed by atoms with Crippen molar-refractivity contribution in [2.24, 2.45) is 0 Å². The summed E-state index contributed by atoms with van der Waals surface area (Å²) in [6, 6.07) is 4.21. The molecule has 0 fully saturated rings. The monoisotopic (exact) mass is 251 g/mol. The van der Waals surface area contributed by atoms with Gasteiger partial charge in [0.2, 0.25) is 5.13 Å². The number of nitrogens with one attached hydrogen (secondary N) is 1. The van der Waals surface area contributed by atoms with Crippen LogP contribution >= 0.6 is 11.5 Å². The van der Waals surface area contributed by atoms with E-state index in [1.165, 1.54) is 18.2 Å². The molecule has 2 rings (SSSR count). The van der Waals surface area contributed by atoms with Crippen LogP contribution in [0.1, 0.15) is 21.7 Å². The fourth-order valence-corrected chi connectivity index (χ4v) is 1.87. The molecule has 88 valence electrons. The van der Waals surface area contributed by atoms with Gasteiger partial charge in [0.15, 0.2) is 0 Å². The number of benzene rings is 1. The molecular weight excluding hydrogens is 241 g/mol. The van der Waals surface area contributed by atoms with E-state index in [-0.39, 0.29) is 11.7 Å². The Hall–Kier alpha value is -1.82. The lowest BCUT2D eigenvalue weighted by Crippen LogP contribution is -2.12. The van der Waals surface area contributed by atoms with Gasteiger partial charge in [-0.3, -0.25) is 10.1 Å². The van der Waals surface area contributed by atoms with E-state index in [9.17, 15) is 9.18 Å². The summed E-state index contributed by atoms with van der Waals surface area (Å²) in [5.74, 6) is -0.0295. The topological polar surface area (TPSA) is 54.9 Å². The summed E-state index contributed by atoms with van der Waals surface area (Å²) < 4.78 is 17.0. The molecule has 0 atom stereocenters. The molecule has 0 bridgehead atoms. The second-order valence-electron chi connectivity index (χ2n) is 3.56. The lowest BCUT2D eigenvalue weighted by Gasteiger charge is -2.02. The predicted octanol–water partition coefficient (Wildman–Crippen LogP) is 2.55. The number of nitrogens with zero attached hydrogens (tertiary/aromatic N) is 2. The van der Waals surface area contributed by atoms with Crippen LogP contribution in [0.3, 0.4) is 0 Å². The van der Waals surface area contributed by atoms with E-state index >= 15 is 0 Å². The van der Waals surface area contributed by atoms with Crippen LogP contribution in [0.5, 0.6) is 0 Å². The van der Waals surface area contributed by atoms with E-state index in [2.05, 4.69) is 14.7 Å². The minimum atomic E-state index is -0.326. The van der Waals surface area contributed by atoms with Crippen LogP contribution in [0.4, 0.5) is 9.52 Å². The van der Waals surface area contributed by atoms with Gasteiger partial charge in [-0.05, 0) is 37.6 Å². The summed E-state index contributed by atoms with van der Waals surface area (Å²) in [7, 11) is 0. The van der Waals surface area contributed by atoms with Gasteiger partial charge in [0.25, 0.3) is 5.91 Å². The molecule has 6 heteroatoms. The van der Waals surface area contributed by atoms with Gasteiger partial charge in [0, 0.05) is 17.1 Å². The van der Waals surface area contributed by atoms with Gasteiger partial charge in [0.1, 0.15) is 11.6 Å². The highest BCUT2D eigenvalue weighted by molar-refractivity contribution is 7.09. The molecule has 1 N–H and O–H groups in total. The predicted molar refractivity (Wildman–Crippen MR) is 63.7 cm³/mol. The standard InChI is InChI=1S/C11H10FN3OS/c1-6-5-8(3-4-9(6)12)10(16)14-11-13-7(2)15-17-11/h3-5H,1-2H3,(H,13,14,15,16). The zero-order valence-electron chi connectivity index (χ0n) is 9.32. The molecule has 0 saturated heterocycles. The van der Waals surface area contributed by atoms with Gasteiger partial charge in [-0.15, -0.1) is 0 Å². The highest BCUT2D eigenvalue weighted by Gasteiger charge is 2.10. The number of hydrogen-bond donors (Lipinski definition) is 1. The Labute approximate surface area is 102 Å². The zero-order chi connectivity index (χ0) is 12.4. The highest BCUT2D eigenvalue weighted by Crippen LogP contribution is 2.14. The van der Waals surface area contributed by atoms with Crippen molar-refractivity contribution in [2.45, 2.75) is 13.8 Å². The third-order valence-electron chi connectivity index (χ3n) is 2.17. The van der Waals surface area contributed by atoms with Crippen molar-refractivity contribution in [3.8, 4) is 0 Å². The van der Waals surface area contributed by atoms with Crippen molar-refractivity contribution in [1.82, 2.24) is 9.36 Å². The van der Waals surface area contributed by atoms with Crippen LogP contribution in [0.2, 0.25) is 0 Å². The van der Waals surface area contributed by atoms with Crippen molar-refractivity contribution in [3.63, 3.8) is 0 Å². The number of amides is 1. The van der Waals surface area contributed by atoms with Gasteiger partial charge >= 0.3 is 0 Å². The van der Waals surface area contributed by atoms with E-state index in [0.717, 1.165) is 11.5 Å². The Morgan fingerprint density at radius 1 is 1.41 bits per heavy atom. The molecule has 4 nitrogen and oxygen atoms in total. The first kappa shape index (κ1) is 11.7. The molecule has 17 heavy (non-hydrogen) atoms. The lowest BCUT2D eigenvalue weighted by molar-refractivity contribution is 0.102. The molecule has 1 amide bonds. The van der Waals surface area contributed by atoms with Crippen LogP contribution in [0, 0.1) is 19.7 Å². The second kappa shape index (κ2) is 4.58. The van der Waals surface area contributed by atoms with Crippen molar-refractivity contribution in [1.29, 1.82) is 0 Å². The third-order valence-corrected chi connectivity index (χ3v) is 2.89. The first-order chi connectivity index (χ1) is 8.06. The number of rotatable bonds is 2. The fraction of sp³-hybridized carbons (Fsp3) is 0.182. The first-order valence-electron chi connectivity index (χ1n) is 4.94. The number of anilines is 1. The van der Waals surface area contributed by atoms with Gasteiger partial charge in [-0.1, -0.05) is 0 Å². The minimum Gasteiger partial charge on any atom is -0.297 e. The van der Waals surface area contributed by atoms with Crippen LogP contribution in [-0.2, 0) is 0 Å². The van der Waals surface area contributed by atoms with E-state index in [0.29, 0.717) is 22.1 Å². The third kappa shape index (κ3) is 2.65. The quantitative estimate of drug-likeness (QED) is 0.892.